The lowest BCUT2D eigenvalue weighted by molar-refractivity contribution is 0.0485. The van der Waals surface area contributed by atoms with E-state index in [2.05, 4.69) is 10.9 Å². The van der Waals surface area contributed by atoms with Gasteiger partial charge in [-0.2, -0.15) is 0 Å². The number of halogens is 2. The average Bonchev–Trinajstić information content (AvgIpc) is 2.97. The molecule has 1 heterocycles. The van der Waals surface area contributed by atoms with Crippen molar-refractivity contribution in [3.63, 3.8) is 0 Å². The van der Waals surface area contributed by atoms with Crippen LogP contribution in [0.4, 0.5) is 13.6 Å². The summed E-state index contributed by atoms with van der Waals surface area (Å²) in [6, 6.07) is 8.82. The number of nitrogens with one attached hydrogen (secondary N) is 2. The van der Waals surface area contributed by atoms with Crippen LogP contribution in [0.2, 0.25) is 0 Å². The summed E-state index contributed by atoms with van der Waals surface area (Å²) in [6.45, 7) is 4.84. The lowest BCUT2D eigenvalue weighted by Gasteiger charge is -2.24. The van der Waals surface area contributed by atoms with Crippen molar-refractivity contribution in [1.29, 1.82) is 0 Å². The fourth-order valence-corrected chi connectivity index (χ4v) is 3.01. The van der Waals surface area contributed by atoms with Crippen molar-refractivity contribution in [2.45, 2.75) is 44.4 Å². The Kier molecular flexibility index (Phi) is 6.72. The summed E-state index contributed by atoms with van der Waals surface area (Å²) in [6.07, 6.45) is -0.578. The van der Waals surface area contributed by atoms with Crippen molar-refractivity contribution >= 4 is 6.09 Å². The number of likely N-dealkylation sites (tertiary alicyclic amines) is 1. The molecule has 7 heteroatoms. The highest BCUT2D eigenvalue weighted by molar-refractivity contribution is 5.67. The molecule has 140 valence electrons. The summed E-state index contributed by atoms with van der Waals surface area (Å²) < 4.78 is 31.4. The number of amides is 1. The third-order valence-corrected chi connectivity index (χ3v) is 4.21. The molecule has 2 rings (SSSR count). The molecule has 0 unspecified atom stereocenters. The topological polar surface area (TPSA) is 53.6 Å². The molecule has 1 aliphatic rings. The zero-order chi connectivity index (χ0) is 18.4. The highest BCUT2D eigenvalue weighted by Gasteiger charge is 2.37. The molecule has 1 aromatic carbocycles. The van der Waals surface area contributed by atoms with Crippen LogP contribution in [0, 0.1) is 0 Å². The Morgan fingerprint density at radius 2 is 1.88 bits per heavy atom. The van der Waals surface area contributed by atoms with Crippen molar-refractivity contribution in [3.8, 4) is 0 Å². The van der Waals surface area contributed by atoms with Crippen LogP contribution in [0.15, 0.2) is 30.3 Å². The van der Waals surface area contributed by atoms with E-state index in [0.717, 1.165) is 5.56 Å². The first-order valence-electron chi connectivity index (χ1n) is 8.49. The minimum atomic E-state index is -0.750. The van der Waals surface area contributed by atoms with E-state index in [1.165, 1.54) is 0 Å². The van der Waals surface area contributed by atoms with Gasteiger partial charge in [-0.3, -0.25) is 10.3 Å². The Morgan fingerprint density at radius 3 is 2.44 bits per heavy atom. The summed E-state index contributed by atoms with van der Waals surface area (Å²) in [4.78, 5) is 13.6. The van der Waals surface area contributed by atoms with Crippen molar-refractivity contribution in [2.75, 3.05) is 26.4 Å². The summed E-state index contributed by atoms with van der Waals surface area (Å²) >= 11 is 0. The lowest BCUT2D eigenvalue weighted by atomic mass is 9.95. The summed E-state index contributed by atoms with van der Waals surface area (Å²) in [5.74, 6) is 0.0109. The fourth-order valence-electron chi connectivity index (χ4n) is 3.01. The van der Waals surface area contributed by atoms with E-state index in [0.29, 0.717) is 13.1 Å². The predicted octanol–water partition coefficient (Wildman–Crippen LogP) is 2.79. The van der Waals surface area contributed by atoms with E-state index in [-0.39, 0.29) is 12.0 Å². The molecule has 25 heavy (non-hydrogen) atoms. The summed E-state index contributed by atoms with van der Waals surface area (Å²) in [5, 5.41) is 0. The number of rotatable bonds is 6. The largest absolute Gasteiger partial charge is 0.443 e. The highest BCUT2D eigenvalue weighted by atomic mass is 19.1. The fraction of sp³-hybridized carbons (Fsp3) is 0.611. The van der Waals surface area contributed by atoms with Crippen LogP contribution < -0.4 is 10.9 Å². The molecule has 2 atom stereocenters. The van der Waals surface area contributed by atoms with Crippen LogP contribution >= 0.6 is 0 Å². The number of carbonyl (C=O) groups is 1. The van der Waals surface area contributed by atoms with Gasteiger partial charge in [-0.05, 0) is 26.3 Å². The van der Waals surface area contributed by atoms with Gasteiger partial charge in [0.1, 0.15) is 19.0 Å². The third-order valence-electron chi connectivity index (χ3n) is 4.21. The van der Waals surface area contributed by atoms with Crippen molar-refractivity contribution in [3.05, 3.63) is 35.9 Å². The molecule has 0 bridgehead atoms. The molecule has 1 fully saturated rings. The van der Waals surface area contributed by atoms with E-state index in [4.69, 9.17) is 4.74 Å². The number of hydrazine groups is 1. The standard InChI is InChI=1S/C18H27F2N3O2/c1-18(2,3)25-17(24)22-21-16-12-23(14(9-19)10-20)11-15(16)13-7-5-4-6-8-13/h4-8,14-16,21H,9-12H2,1-3H3,(H,22,24)/t15-,16+/m0/s1. The molecule has 1 aliphatic heterocycles. The molecular formula is C18H27F2N3O2. The van der Waals surface area contributed by atoms with Gasteiger partial charge in [0.05, 0.1) is 6.04 Å². The van der Waals surface area contributed by atoms with Crippen molar-refractivity contribution < 1.29 is 18.3 Å². The smallest absolute Gasteiger partial charge is 0.422 e. The molecular weight excluding hydrogens is 328 g/mol. The predicted molar refractivity (Wildman–Crippen MR) is 92.8 cm³/mol. The Morgan fingerprint density at radius 1 is 1.24 bits per heavy atom. The van der Waals surface area contributed by atoms with Crippen molar-refractivity contribution in [1.82, 2.24) is 15.8 Å². The number of benzene rings is 1. The maximum atomic E-state index is 13.1. The van der Waals surface area contributed by atoms with Crippen LogP contribution in [0.25, 0.3) is 0 Å². The minimum Gasteiger partial charge on any atom is -0.443 e. The first-order chi connectivity index (χ1) is 11.8. The molecule has 0 aromatic heterocycles. The van der Waals surface area contributed by atoms with Gasteiger partial charge in [0.15, 0.2) is 0 Å². The van der Waals surface area contributed by atoms with Gasteiger partial charge in [0.2, 0.25) is 0 Å². The molecule has 5 nitrogen and oxygen atoms in total. The van der Waals surface area contributed by atoms with Gasteiger partial charge < -0.3 is 4.74 Å². The molecule has 0 saturated carbocycles. The van der Waals surface area contributed by atoms with Crippen LogP contribution in [-0.2, 0) is 4.74 Å². The van der Waals surface area contributed by atoms with E-state index in [1.54, 1.807) is 25.7 Å². The Balaban J connectivity index is 2.05. The zero-order valence-corrected chi connectivity index (χ0v) is 15.0. The van der Waals surface area contributed by atoms with Crippen LogP contribution in [0.3, 0.4) is 0 Å². The molecule has 0 aliphatic carbocycles. The first kappa shape index (κ1) is 19.6. The summed E-state index contributed by atoms with van der Waals surface area (Å²) in [7, 11) is 0. The minimum absolute atomic E-state index is 0.0109. The average molecular weight is 355 g/mol. The van der Waals surface area contributed by atoms with Gasteiger partial charge >= 0.3 is 6.09 Å². The maximum Gasteiger partial charge on any atom is 0.422 e. The van der Waals surface area contributed by atoms with E-state index >= 15 is 0 Å². The second-order valence-corrected chi connectivity index (χ2v) is 7.31. The zero-order valence-electron chi connectivity index (χ0n) is 15.0. The van der Waals surface area contributed by atoms with Crippen LogP contribution in [0.5, 0.6) is 0 Å². The van der Waals surface area contributed by atoms with Gasteiger partial charge in [0.25, 0.3) is 0 Å². The SMILES string of the molecule is CC(C)(C)OC(=O)NN[C@@H]1CN(C(CF)CF)C[C@H]1c1ccccc1. The maximum absolute atomic E-state index is 13.1. The number of hydrogen-bond donors (Lipinski definition) is 2. The highest BCUT2D eigenvalue weighted by Crippen LogP contribution is 2.29. The molecule has 0 radical (unpaired) electrons. The quantitative estimate of drug-likeness (QED) is 0.771. The second-order valence-electron chi connectivity index (χ2n) is 7.31. The number of nitrogens with zero attached hydrogens (tertiary/aromatic N) is 1. The third kappa shape index (κ3) is 5.64. The Hall–Kier alpha value is -1.73. The molecule has 1 aromatic rings. The van der Waals surface area contributed by atoms with Gasteiger partial charge in [-0.1, -0.05) is 30.3 Å². The number of carbonyl (C=O) groups excluding carboxylic acids is 1. The molecule has 2 N–H and O–H groups in total. The number of alkyl halides is 2. The molecule has 1 amide bonds. The van der Waals surface area contributed by atoms with E-state index in [1.807, 2.05) is 30.3 Å². The monoisotopic (exact) mass is 355 g/mol. The Labute approximate surface area is 147 Å². The normalized spacial score (nSPS) is 21.5. The van der Waals surface area contributed by atoms with E-state index in [9.17, 15) is 13.6 Å². The lowest BCUT2D eigenvalue weighted by Crippen LogP contribution is -2.49. The van der Waals surface area contributed by atoms with Crippen molar-refractivity contribution in [2.24, 2.45) is 0 Å². The van der Waals surface area contributed by atoms with E-state index < -0.39 is 31.1 Å². The summed E-state index contributed by atoms with van der Waals surface area (Å²) in [5.41, 5.74) is 5.99. The van der Waals surface area contributed by atoms with Crippen LogP contribution in [0.1, 0.15) is 32.3 Å². The van der Waals surface area contributed by atoms with Crippen LogP contribution in [-0.4, -0.2) is 55.1 Å². The Bertz CT molecular complexity index is 547. The first-order valence-corrected chi connectivity index (χ1v) is 8.49. The molecule has 0 spiro atoms. The van der Waals surface area contributed by atoms with Gasteiger partial charge in [0, 0.05) is 25.0 Å². The van der Waals surface area contributed by atoms with Gasteiger partial charge in [-0.15, -0.1) is 0 Å². The number of ether oxygens (including phenoxy) is 1. The second kappa shape index (κ2) is 8.58. The molecule has 1 saturated heterocycles. The van der Waals surface area contributed by atoms with Gasteiger partial charge in [-0.25, -0.2) is 19.0 Å². The number of hydrogen-bond acceptors (Lipinski definition) is 4.